The number of thiazole rings is 1. The van der Waals surface area contributed by atoms with Crippen molar-refractivity contribution in [3.05, 3.63) is 34.4 Å². The van der Waals surface area contributed by atoms with Gasteiger partial charge in [-0.05, 0) is 24.6 Å². The van der Waals surface area contributed by atoms with Gasteiger partial charge in [-0.3, -0.25) is 0 Å². The predicted octanol–water partition coefficient (Wildman–Crippen LogP) is 3.70. The van der Waals surface area contributed by atoms with Gasteiger partial charge in [0.15, 0.2) is 0 Å². The molecule has 20 heavy (non-hydrogen) atoms. The second-order valence-corrected chi connectivity index (χ2v) is 5.91. The van der Waals surface area contributed by atoms with Gasteiger partial charge in [0.1, 0.15) is 16.6 Å². The lowest BCUT2D eigenvalue weighted by molar-refractivity contribution is 0.413. The Labute approximate surface area is 122 Å². The number of nitrogens with zero attached hydrogens (tertiary/aromatic N) is 1. The van der Waals surface area contributed by atoms with Crippen molar-refractivity contribution in [3.8, 4) is 17.0 Å². The maximum atomic E-state index is 14.0. The molecule has 0 amide bonds. The summed E-state index contributed by atoms with van der Waals surface area (Å²) in [6.07, 6.45) is 0. The number of methoxy groups -OCH3 is 1. The molecule has 0 aliphatic carbocycles. The molecule has 2 aromatic rings. The molecular weight excluding hydrogens is 275 g/mol. The van der Waals surface area contributed by atoms with Crippen molar-refractivity contribution in [2.45, 2.75) is 20.4 Å². The molecule has 3 nitrogen and oxygen atoms in total. The number of halogens is 1. The molecule has 108 valence electrons. The summed E-state index contributed by atoms with van der Waals surface area (Å²) in [7, 11) is 1.54. The number of ether oxygens (including phenoxy) is 1. The van der Waals surface area contributed by atoms with E-state index in [1.165, 1.54) is 24.5 Å². The van der Waals surface area contributed by atoms with Crippen LogP contribution in [0.1, 0.15) is 18.9 Å². The van der Waals surface area contributed by atoms with Crippen molar-refractivity contribution in [2.75, 3.05) is 13.7 Å². The van der Waals surface area contributed by atoms with Crippen molar-refractivity contribution in [1.82, 2.24) is 10.3 Å². The zero-order valence-electron chi connectivity index (χ0n) is 11.9. The average Bonchev–Trinajstić information content (AvgIpc) is 2.86. The molecule has 0 saturated heterocycles. The van der Waals surface area contributed by atoms with E-state index < -0.39 is 0 Å². The second kappa shape index (κ2) is 6.81. The first-order valence-corrected chi connectivity index (χ1v) is 7.47. The molecular formula is C15H19FN2OS. The third kappa shape index (κ3) is 3.55. The van der Waals surface area contributed by atoms with E-state index in [4.69, 9.17) is 4.74 Å². The van der Waals surface area contributed by atoms with E-state index in [1.54, 1.807) is 12.1 Å². The predicted molar refractivity (Wildman–Crippen MR) is 80.6 cm³/mol. The van der Waals surface area contributed by atoms with Gasteiger partial charge in [-0.15, -0.1) is 11.3 Å². The van der Waals surface area contributed by atoms with Gasteiger partial charge >= 0.3 is 0 Å². The summed E-state index contributed by atoms with van der Waals surface area (Å²) in [5, 5.41) is 6.15. The fraction of sp³-hybridized carbons (Fsp3) is 0.400. The smallest absolute Gasteiger partial charge is 0.136 e. The van der Waals surface area contributed by atoms with Crippen LogP contribution in [-0.2, 0) is 6.54 Å². The lowest BCUT2D eigenvalue weighted by Gasteiger charge is -2.07. The quantitative estimate of drug-likeness (QED) is 0.882. The van der Waals surface area contributed by atoms with Crippen LogP contribution in [0.25, 0.3) is 11.3 Å². The molecule has 1 N–H and O–H groups in total. The Morgan fingerprint density at radius 1 is 1.40 bits per heavy atom. The molecule has 0 fully saturated rings. The topological polar surface area (TPSA) is 34.1 Å². The van der Waals surface area contributed by atoms with Crippen LogP contribution in [0.5, 0.6) is 5.75 Å². The molecule has 0 atom stereocenters. The van der Waals surface area contributed by atoms with E-state index >= 15 is 0 Å². The normalized spacial score (nSPS) is 11.1. The Hall–Kier alpha value is -1.46. The van der Waals surface area contributed by atoms with Crippen LogP contribution in [0.2, 0.25) is 0 Å². The van der Waals surface area contributed by atoms with Crippen molar-refractivity contribution >= 4 is 11.3 Å². The van der Waals surface area contributed by atoms with Gasteiger partial charge in [-0.2, -0.15) is 0 Å². The zero-order valence-corrected chi connectivity index (χ0v) is 12.8. The van der Waals surface area contributed by atoms with E-state index in [1.807, 2.05) is 5.38 Å². The average molecular weight is 294 g/mol. The number of hydrogen-bond acceptors (Lipinski definition) is 4. The summed E-state index contributed by atoms with van der Waals surface area (Å²) in [5.74, 6) is 0.800. The number of hydrogen-bond donors (Lipinski definition) is 1. The van der Waals surface area contributed by atoms with Gasteiger partial charge in [-0.25, -0.2) is 9.37 Å². The molecule has 1 heterocycles. The Bertz CT molecular complexity index is 569. The summed E-state index contributed by atoms with van der Waals surface area (Å²) < 4.78 is 19.2. The third-order valence-corrected chi connectivity index (χ3v) is 3.68. The van der Waals surface area contributed by atoms with Gasteiger partial charge < -0.3 is 10.1 Å². The van der Waals surface area contributed by atoms with Gasteiger partial charge in [0, 0.05) is 11.9 Å². The number of aromatic nitrogens is 1. The Morgan fingerprint density at radius 2 is 2.20 bits per heavy atom. The summed E-state index contributed by atoms with van der Waals surface area (Å²) >= 11 is 1.53. The molecule has 0 saturated carbocycles. The minimum absolute atomic E-state index is 0.309. The molecule has 0 aliphatic heterocycles. The lowest BCUT2D eigenvalue weighted by Crippen LogP contribution is -2.18. The summed E-state index contributed by atoms with van der Waals surface area (Å²) in [6.45, 7) is 5.96. The minimum Gasteiger partial charge on any atom is -0.496 e. The highest BCUT2D eigenvalue weighted by molar-refractivity contribution is 7.09. The minimum atomic E-state index is -0.309. The van der Waals surface area contributed by atoms with E-state index in [0.717, 1.165) is 11.6 Å². The van der Waals surface area contributed by atoms with E-state index in [9.17, 15) is 4.39 Å². The number of benzene rings is 1. The highest BCUT2D eigenvalue weighted by Crippen LogP contribution is 2.32. The van der Waals surface area contributed by atoms with Crippen LogP contribution < -0.4 is 10.1 Å². The molecule has 1 aromatic carbocycles. The van der Waals surface area contributed by atoms with Crippen molar-refractivity contribution in [2.24, 2.45) is 5.92 Å². The Balaban J connectivity index is 2.16. The molecule has 2 rings (SSSR count). The first kappa shape index (κ1) is 14.9. The van der Waals surface area contributed by atoms with E-state index in [-0.39, 0.29) is 5.82 Å². The number of nitrogens with one attached hydrogen (secondary N) is 1. The molecule has 0 radical (unpaired) electrons. The Kier molecular flexibility index (Phi) is 5.09. The van der Waals surface area contributed by atoms with Crippen molar-refractivity contribution < 1.29 is 9.13 Å². The molecule has 1 aromatic heterocycles. The standard InChI is InChI=1S/C15H19FN2OS/c1-10(2)7-17-8-14-18-12(9-20-14)15-11(16)5-4-6-13(15)19-3/h4-6,9-10,17H,7-8H2,1-3H3. The van der Waals surface area contributed by atoms with Crippen molar-refractivity contribution in [1.29, 1.82) is 0 Å². The molecule has 5 heteroatoms. The van der Waals surface area contributed by atoms with Crippen LogP contribution in [-0.4, -0.2) is 18.6 Å². The van der Waals surface area contributed by atoms with E-state index in [0.29, 0.717) is 29.5 Å². The summed E-state index contributed by atoms with van der Waals surface area (Å²) in [5.41, 5.74) is 1.06. The van der Waals surface area contributed by atoms with Crippen LogP contribution in [0.15, 0.2) is 23.6 Å². The van der Waals surface area contributed by atoms with Crippen LogP contribution in [0, 0.1) is 11.7 Å². The highest BCUT2D eigenvalue weighted by Gasteiger charge is 2.14. The SMILES string of the molecule is COc1cccc(F)c1-c1csc(CNCC(C)C)n1. The largest absolute Gasteiger partial charge is 0.496 e. The second-order valence-electron chi connectivity index (χ2n) is 4.97. The summed E-state index contributed by atoms with van der Waals surface area (Å²) in [4.78, 5) is 4.48. The fourth-order valence-corrected chi connectivity index (χ4v) is 2.65. The molecule has 0 spiro atoms. The third-order valence-electron chi connectivity index (χ3n) is 2.83. The van der Waals surface area contributed by atoms with Crippen molar-refractivity contribution in [3.63, 3.8) is 0 Å². The van der Waals surface area contributed by atoms with Crippen LogP contribution in [0.3, 0.4) is 0 Å². The summed E-state index contributed by atoms with van der Waals surface area (Å²) in [6, 6.07) is 4.80. The van der Waals surface area contributed by atoms with Gasteiger partial charge in [0.2, 0.25) is 0 Å². The maximum absolute atomic E-state index is 14.0. The fourth-order valence-electron chi connectivity index (χ4n) is 1.90. The Morgan fingerprint density at radius 3 is 2.90 bits per heavy atom. The lowest BCUT2D eigenvalue weighted by atomic mass is 10.1. The molecule has 0 aliphatic rings. The van der Waals surface area contributed by atoms with Crippen LogP contribution >= 0.6 is 11.3 Å². The first-order chi connectivity index (χ1) is 9.61. The van der Waals surface area contributed by atoms with Gasteiger partial charge in [0.05, 0.1) is 18.4 Å². The van der Waals surface area contributed by atoms with Gasteiger partial charge in [0.25, 0.3) is 0 Å². The van der Waals surface area contributed by atoms with Crippen LogP contribution in [0.4, 0.5) is 4.39 Å². The maximum Gasteiger partial charge on any atom is 0.136 e. The highest BCUT2D eigenvalue weighted by atomic mass is 32.1. The molecule has 0 bridgehead atoms. The monoisotopic (exact) mass is 294 g/mol. The van der Waals surface area contributed by atoms with E-state index in [2.05, 4.69) is 24.1 Å². The number of rotatable bonds is 6. The zero-order chi connectivity index (χ0) is 14.5. The first-order valence-electron chi connectivity index (χ1n) is 6.59. The molecule has 0 unspecified atom stereocenters. The van der Waals surface area contributed by atoms with Gasteiger partial charge in [-0.1, -0.05) is 19.9 Å².